The van der Waals surface area contributed by atoms with Crippen molar-refractivity contribution in [2.45, 2.75) is 32.3 Å². The predicted octanol–water partition coefficient (Wildman–Crippen LogP) is 2.93. The van der Waals surface area contributed by atoms with Crippen LogP contribution in [-0.2, 0) is 19.0 Å². The summed E-state index contributed by atoms with van der Waals surface area (Å²) in [7, 11) is 1.40. The van der Waals surface area contributed by atoms with Crippen LogP contribution in [0.4, 0.5) is 0 Å². The SMILES string of the molecule is COC(=O)C1(C)C=C(OCC2CCCO2)C=C(Br)C1. The lowest BCUT2D eigenvalue weighted by atomic mass is 9.83. The highest BCUT2D eigenvalue weighted by Gasteiger charge is 2.36. The molecule has 0 aromatic heterocycles. The van der Waals surface area contributed by atoms with Gasteiger partial charge in [0.1, 0.15) is 12.4 Å². The van der Waals surface area contributed by atoms with E-state index >= 15 is 0 Å². The van der Waals surface area contributed by atoms with Crippen LogP contribution in [0.25, 0.3) is 0 Å². The van der Waals surface area contributed by atoms with E-state index in [0.29, 0.717) is 18.8 Å². The molecular formula is C14H19BrO4. The number of methoxy groups -OCH3 is 1. The van der Waals surface area contributed by atoms with E-state index in [1.165, 1.54) is 7.11 Å². The molecule has 0 amide bonds. The maximum Gasteiger partial charge on any atom is 0.315 e. The van der Waals surface area contributed by atoms with Crippen LogP contribution >= 0.6 is 15.9 Å². The van der Waals surface area contributed by atoms with Crippen LogP contribution in [0.15, 0.2) is 22.4 Å². The Morgan fingerprint density at radius 3 is 3.05 bits per heavy atom. The van der Waals surface area contributed by atoms with Gasteiger partial charge in [-0.15, -0.1) is 0 Å². The third-order valence-electron chi connectivity index (χ3n) is 3.41. The van der Waals surface area contributed by atoms with Gasteiger partial charge in [-0.1, -0.05) is 15.9 Å². The molecular weight excluding hydrogens is 312 g/mol. The number of ether oxygens (including phenoxy) is 3. The Balaban J connectivity index is 2.02. The van der Waals surface area contributed by atoms with Crippen molar-refractivity contribution in [2.75, 3.05) is 20.3 Å². The predicted molar refractivity (Wildman–Crippen MR) is 74.8 cm³/mol. The van der Waals surface area contributed by atoms with E-state index in [-0.39, 0.29) is 12.1 Å². The first kappa shape index (κ1) is 14.6. The maximum absolute atomic E-state index is 11.8. The number of rotatable bonds is 4. The van der Waals surface area contributed by atoms with Gasteiger partial charge in [-0.25, -0.2) is 0 Å². The molecule has 1 aliphatic heterocycles. The molecule has 0 spiro atoms. The monoisotopic (exact) mass is 330 g/mol. The number of carbonyl (C=O) groups is 1. The van der Waals surface area contributed by atoms with Crippen molar-refractivity contribution in [2.24, 2.45) is 5.41 Å². The lowest BCUT2D eigenvalue weighted by molar-refractivity contribution is -0.149. The smallest absolute Gasteiger partial charge is 0.315 e. The fourth-order valence-corrected chi connectivity index (χ4v) is 3.18. The van der Waals surface area contributed by atoms with E-state index in [9.17, 15) is 4.79 Å². The van der Waals surface area contributed by atoms with Crippen LogP contribution in [0.3, 0.4) is 0 Å². The molecule has 0 aromatic rings. The van der Waals surface area contributed by atoms with Gasteiger partial charge in [-0.2, -0.15) is 0 Å². The number of halogens is 1. The molecule has 2 aliphatic rings. The zero-order valence-corrected chi connectivity index (χ0v) is 12.9. The molecule has 0 saturated carbocycles. The fraction of sp³-hybridized carbons (Fsp3) is 0.643. The van der Waals surface area contributed by atoms with E-state index < -0.39 is 5.41 Å². The highest BCUT2D eigenvalue weighted by atomic mass is 79.9. The molecule has 1 fully saturated rings. The van der Waals surface area contributed by atoms with Gasteiger partial charge in [0.2, 0.25) is 0 Å². The molecule has 2 rings (SSSR count). The molecule has 0 aromatic carbocycles. The molecule has 2 atom stereocenters. The van der Waals surface area contributed by atoms with Crippen molar-refractivity contribution >= 4 is 21.9 Å². The third kappa shape index (κ3) is 3.60. The second-order valence-electron chi connectivity index (χ2n) is 5.17. The van der Waals surface area contributed by atoms with Gasteiger partial charge in [0, 0.05) is 11.1 Å². The van der Waals surface area contributed by atoms with Crippen molar-refractivity contribution in [3.8, 4) is 0 Å². The second kappa shape index (κ2) is 6.09. The minimum atomic E-state index is -0.672. The van der Waals surface area contributed by atoms with Crippen molar-refractivity contribution in [3.63, 3.8) is 0 Å². The summed E-state index contributed by atoms with van der Waals surface area (Å²) in [5.74, 6) is 0.442. The van der Waals surface area contributed by atoms with Crippen LogP contribution in [0.5, 0.6) is 0 Å². The zero-order valence-electron chi connectivity index (χ0n) is 11.3. The van der Waals surface area contributed by atoms with Crippen molar-refractivity contribution < 1.29 is 19.0 Å². The van der Waals surface area contributed by atoms with Crippen molar-refractivity contribution in [1.29, 1.82) is 0 Å². The Bertz CT molecular complexity index is 410. The minimum Gasteiger partial charge on any atom is -0.491 e. The van der Waals surface area contributed by atoms with Gasteiger partial charge < -0.3 is 14.2 Å². The minimum absolute atomic E-state index is 0.166. The molecule has 19 heavy (non-hydrogen) atoms. The van der Waals surface area contributed by atoms with Crippen LogP contribution in [-0.4, -0.2) is 32.4 Å². The Morgan fingerprint density at radius 2 is 2.42 bits per heavy atom. The summed E-state index contributed by atoms with van der Waals surface area (Å²) in [6, 6.07) is 0. The highest BCUT2D eigenvalue weighted by molar-refractivity contribution is 9.11. The molecule has 0 radical (unpaired) electrons. The number of carbonyl (C=O) groups excluding carboxylic acids is 1. The number of allylic oxidation sites excluding steroid dienone is 2. The van der Waals surface area contributed by atoms with Crippen molar-refractivity contribution in [3.05, 3.63) is 22.4 Å². The fourth-order valence-electron chi connectivity index (χ4n) is 2.38. The molecule has 1 heterocycles. The average molecular weight is 331 g/mol. The topological polar surface area (TPSA) is 44.8 Å². The summed E-state index contributed by atoms with van der Waals surface area (Å²) in [6.45, 7) is 3.19. The van der Waals surface area contributed by atoms with Gasteiger partial charge in [0.15, 0.2) is 0 Å². The first-order chi connectivity index (χ1) is 9.03. The van der Waals surface area contributed by atoms with Crippen LogP contribution < -0.4 is 0 Å². The Kier molecular flexibility index (Phi) is 4.68. The highest BCUT2D eigenvalue weighted by Crippen LogP contribution is 2.37. The third-order valence-corrected chi connectivity index (χ3v) is 3.92. The molecule has 4 nitrogen and oxygen atoms in total. The Morgan fingerprint density at radius 1 is 1.63 bits per heavy atom. The summed E-state index contributed by atoms with van der Waals surface area (Å²) in [5, 5.41) is 0. The van der Waals surface area contributed by atoms with Crippen molar-refractivity contribution in [1.82, 2.24) is 0 Å². The maximum atomic E-state index is 11.8. The van der Waals surface area contributed by atoms with E-state index in [4.69, 9.17) is 14.2 Å². The van der Waals surface area contributed by atoms with Crippen LogP contribution in [0, 0.1) is 5.41 Å². The molecule has 0 N–H and O–H groups in total. The lowest BCUT2D eigenvalue weighted by Crippen LogP contribution is -2.29. The first-order valence-corrected chi connectivity index (χ1v) is 7.24. The standard InChI is InChI=1S/C14H19BrO4/c1-14(13(16)17-2)7-10(15)6-12(8-14)19-9-11-4-3-5-18-11/h6,8,11H,3-5,7,9H2,1-2H3. The summed E-state index contributed by atoms with van der Waals surface area (Å²) >= 11 is 3.46. The quantitative estimate of drug-likeness (QED) is 0.743. The van der Waals surface area contributed by atoms with E-state index in [1.807, 2.05) is 19.1 Å². The number of hydrogen-bond donors (Lipinski definition) is 0. The molecule has 106 valence electrons. The average Bonchev–Trinajstić information content (AvgIpc) is 2.87. The lowest BCUT2D eigenvalue weighted by Gasteiger charge is -2.27. The van der Waals surface area contributed by atoms with E-state index in [1.54, 1.807) is 0 Å². The molecule has 1 saturated heterocycles. The zero-order chi connectivity index (χ0) is 13.9. The molecule has 2 unspecified atom stereocenters. The van der Waals surface area contributed by atoms with Crippen LogP contribution in [0.2, 0.25) is 0 Å². The van der Waals surface area contributed by atoms with E-state index in [0.717, 1.165) is 23.9 Å². The summed E-state index contributed by atoms with van der Waals surface area (Å²) in [6.07, 6.45) is 6.61. The summed E-state index contributed by atoms with van der Waals surface area (Å²) < 4.78 is 17.1. The second-order valence-corrected chi connectivity index (χ2v) is 6.19. The normalized spacial score (nSPS) is 30.6. The largest absolute Gasteiger partial charge is 0.491 e. The van der Waals surface area contributed by atoms with Gasteiger partial charge >= 0.3 is 5.97 Å². The first-order valence-electron chi connectivity index (χ1n) is 6.45. The molecule has 1 aliphatic carbocycles. The Labute approximate surface area is 121 Å². The number of hydrogen-bond acceptors (Lipinski definition) is 4. The van der Waals surface area contributed by atoms with E-state index in [2.05, 4.69) is 15.9 Å². The van der Waals surface area contributed by atoms with Gasteiger partial charge in [-0.3, -0.25) is 4.79 Å². The Hall–Kier alpha value is -0.810. The van der Waals surface area contributed by atoms with Gasteiger partial charge in [0.25, 0.3) is 0 Å². The van der Waals surface area contributed by atoms with Crippen LogP contribution in [0.1, 0.15) is 26.2 Å². The summed E-state index contributed by atoms with van der Waals surface area (Å²) in [5.41, 5.74) is -0.672. The molecule has 0 bridgehead atoms. The van der Waals surface area contributed by atoms with Gasteiger partial charge in [0.05, 0.1) is 18.6 Å². The molecule has 5 heteroatoms. The summed E-state index contributed by atoms with van der Waals surface area (Å²) in [4.78, 5) is 11.8. The van der Waals surface area contributed by atoms with Gasteiger partial charge in [-0.05, 0) is 38.3 Å². The number of esters is 1.